The Bertz CT molecular complexity index is 1130. The van der Waals surface area contributed by atoms with Gasteiger partial charge in [0, 0.05) is 36.0 Å². The monoisotopic (exact) mass is 426 g/mol. The molecule has 1 aromatic heterocycles. The van der Waals surface area contributed by atoms with Crippen LogP contribution in [0.3, 0.4) is 0 Å². The van der Waals surface area contributed by atoms with Crippen molar-refractivity contribution >= 4 is 22.7 Å². The highest BCUT2D eigenvalue weighted by Gasteiger charge is 2.26. The first kappa shape index (κ1) is 21.0. The molecule has 162 valence electrons. The quantitative estimate of drug-likeness (QED) is 0.665. The predicted molar refractivity (Wildman–Crippen MR) is 113 cm³/mol. The first-order valence-electron chi connectivity index (χ1n) is 10.4. The lowest BCUT2D eigenvalue weighted by atomic mass is 10.0. The fourth-order valence-corrected chi connectivity index (χ4v) is 3.94. The first-order valence-corrected chi connectivity index (χ1v) is 10.4. The van der Waals surface area contributed by atoms with E-state index >= 15 is 0 Å². The van der Waals surface area contributed by atoms with E-state index in [9.17, 15) is 18.4 Å². The minimum Gasteiger partial charge on any atom is -0.348 e. The molecule has 8 heteroatoms. The smallest absolute Gasteiger partial charge is 0.272 e. The van der Waals surface area contributed by atoms with Gasteiger partial charge in [0.1, 0.15) is 0 Å². The maximum atomic E-state index is 14.2. The van der Waals surface area contributed by atoms with Gasteiger partial charge in [0.05, 0.1) is 5.52 Å². The van der Waals surface area contributed by atoms with Crippen LogP contribution in [-0.2, 0) is 4.79 Å². The first-order chi connectivity index (χ1) is 14.8. The lowest BCUT2D eigenvalue weighted by molar-refractivity contribution is -0.135. The number of amides is 2. The number of hydrogen-bond donors (Lipinski definition) is 2. The minimum atomic E-state index is -0.931. The zero-order valence-electron chi connectivity index (χ0n) is 17.4. The molecule has 3 aromatic rings. The second-order valence-electron chi connectivity index (χ2n) is 8.16. The van der Waals surface area contributed by atoms with E-state index in [1.165, 1.54) is 12.1 Å². The normalized spacial score (nSPS) is 14.9. The third-order valence-electron chi connectivity index (χ3n) is 5.68. The molecule has 0 spiro atoms. The molecule has 1 fully saturated rings. The highest BCUT2D eigenvalue weighted by molar-refractivity contribution is 6.05. The fraction of sp³-hybridized carbons (Fsp3) is 0.348. The number of halogens is 2. The lowest BCUT2D eigenvalue weighted by Gasteiger charge is -2.33. The number of fused-ring (bicyclic) bond motifs is 1. The Morgan fingerprint density at radius 1 is 1.16 bits per heavy atom. The summed E-state index contributed by atoms with van der Waals surface area (Å²) in [6.45, 7) is 4.96. The third-order valence-corrected chi connectivity index (χ3v) is 5.68. The summed E-state index contributed by atoms with van der Waals surface area (Å²) in [5, 5.41) is 10.5. The zero-order chi connectivity index (χ0) is 22.1. The van der Waals surface area contributed by atoms with Crippen molar-refractivity contribution in [1.29, 1.82) is 0 Å². The van der Waals surface area contributed by atoms with Gasteiger partial charge in [-0.3, -0.25) is 14.7 Å². The standard InChI is InChI=1S/C23H24F2N4O2/c1-13(2)23(31)29-10-8-15(9-11-29)26-22(30)21-17-12-14(6-7-19(17)27-28-21)16-4-3-5-18(24)20(16)25/h3-7,12-13,15H,8-11H2,1-2H3,(H,26,30)(H,27,28). The number of piperidine rings is 1. The SMILES string of the molecule is CC(C)C(=O)N1CCC(NC(=O)c2n[nH]c3ccc(-c4cccc(F)c4F)cc23)CC1. The number of likely N-dealkylation sites (tertiary alicyclic amines) is 1. The Morgan fingerprint density at radius 3 is 2.61 bits per heavy atom. The molecule has 2 heterocycles. The lowest BCUT2D eigenvalue weighted by Crippen LogP contribution is -2.47. The fourth-order valence-electron chi connectivity index (χ4n) is 3.94. The van der Waals surface area contributed by atoms with Gasteiger partial charge in [-0.1, -0.05) is 32.0 Å². The second kappa shape index (κ2) is 8.45. The third kappa shape index (κ3) is 4.15. The van der Waals surface area contributed by atoms with E-state index in [0.29, 0.717) is 42.4 Å². The number of nitrogens with zero attached hydrogens (tertiary/aromatic N) is 2. The second-order valence-corrected chi connectivity index (χ2v) is 8.16. The van der Waals surface area contributed by atoms with Gasteiger partial charge in [-0.15, -0.1) is 0 Å². The van der Waals surface area contributed by atoms with Crippen LogP contribution in [0.5, 0.6) is 0 Å². The summed E-state index contributed by atoms with van der Waals surface area (Å²) in [6.07, 6.45) is 1.35. The Morgan fingerprint density at radius 2 is 1.90 bits per heavy atom. The highest BCUT2D eigenvalue weighted by atomic mass is 19.2. The molecule has 6 nitrogen and oxygen atoms in total. The van der Waals surface area contributed by atoms with Gasteiger partial charge in [-0.2, -0.15) is 5.10 Å². The van der Waals surface area contributed by atoms with Crippen LogP contribution in [0.15, 0.2) is 36.4 Å². The van der Waals surface area contributed by atoms with E-state index in [1.807, 2.05) is 18.7 Å². The molecule has 0 unspecified atom stereocenters. The molecule has 1 aliphatic heterocycles. The van der Waals surface area contributed by atoms with Gasteiger partial charge in [-0.25, -0.2) is 8.78 Å². The van der Waals surface area contributed by atoms with Gasteiger partial charge in [0.25, 0.3) is 5.91 Å². The molecule has 0 aliphatic carbocycles. The molecule has 2 N–H and O–H groups in total. The zero-order valence-corrected chi connectivity index (χ0v) is 17.4. The van der Waals surface area contributed by atoms with E-state index in [2.05, 4.69) is 15.5 Å². The molecular formula is C23H24F2N4O2. The van der Waals surface area contributed by atoms with Gasteiger partial charge in [0.2, 0.25) is 5.91 Å². The number of benzene rings is 2. The molecule has 0 atom stereocenters. The van der Waals surface area contributed by atoms with Gasteiger partial charge < -0.3 is 10.2 Å². The van der Waals surface area contributed by atoms with Gasteiger partial charge >= 0.3 is 0 Å². The summed E-state index contributed by atoms with van der Waals surface area (Å²) in [5.41, 5.74) is 1.41. The van der Waals surface area contributed by atoms with Crippen LogP contribution in [0.25, 0.3) is 22.0 Å². The predicted octanol–water partition coefficient (Wildman–Crippen LogP) is 3.88. The maximum absolute atomic E-state index is 14.2. The number of H-pyrrole nitrogens is 1. The average Bonchev–Trinajstić information content (AvgIpc) is 3.19. The molecule has 0 radical (unpaired) electrons. The summed E-state index contributed by atoms with van der Waals surface area (Å²) in [4.78, 5) is 26.8. The Labute approximate surface area is 178 Å². The van der Waals surface area contributed by atoms with Crippen molar-refractivity contribution < 1.29 is 18.4 Å². The number of aromatic nitrogens is 2. The van der Waals surface area contributed by atoms with Crippen LogP contribution < -0.4 is 5.32 Å². The summed E-state index contributed by atoms with van der Waals surface area (Å²) in [5.74, 6) is -2.11. The largest absolute Gasteiger partial charge is 0.348 e. The van der Waals surface area contributed by atoms with Gasteiger partial charge in [-0.05, 0) is 36.6 Å². The molecule has 0 bridgehead atoms. The molecule has 2 amide bonds. The van der Waals surface area contributed by atoms with Crippen LogP contribution in [0.4, 0.5) is 8.78 Å². The van der Waals surface area contributed by atoms with Gasteiger partial charge in [0.15, 0.2) is 17.3 Å². The van der Waals surface area contributed by atoms with E-state index < -0.39 is 11.6 Å². The van der Waals surface area contributed by atoms with Crippen molar-refractivity contribution in [3.05, 3.63) is 53.7 Å². The summed E-state index contributed by atoms with van der Waals surface area (Å²) < 4.78 is 27.8. The minimum absolute atomic E-state index is 0.0429. The van der Waals surface area contributed by atoms with Crippen molar-refractivity contribution in [3.8, 4) is 11.1 Å². The maximum Gasteiger partial charge on any atom is 0.272 e. The molecule has 1 saturated heterocycles. The van der Waals surface area contributed by atoms with Crippen LogP contribution >= 0.6 is 0 Å². The van der Waals surface area contributed by atoms with Crippen LogP contribution in [-0.4, -0.2) is 46.0 Å². The number of carbonyl (C=O) groups is 2. The number of nitrogens with one attached hydrogen (secondary N) is 2. The van der Waals surface area contributed by atoms with Crippen LogP contribution in [0.1, 0.15) is 37.2 Å². The molecule has 4 rings (SSSR count). The highest BCUT2D eigenvalue weighted by Crippen LogP contribution is 2.28. The Balaban J connectivity index is 1.51. The summed E-state index contributed by atoms with van der Waals surface area (Å²) in [6, 6.07) is 8.92. The summed E-state index contributed by atoms with van der Waals surface area (Å²) >= 11 is 0. The van der Waals surface area contributed by atoms with Crippen LogP contribution in [0.2, 0.25) is 0 Å². The van der Waals surface area contributed by atoms with Crippen LogP contribution in [0, 0.1) is 17.6 Å². The van der Waals surface area contributed by atoms with E-state index in [-0.39, 0.29) is 35.0 Å². The average molecular weight is 426 g/mol. The van der Waals surface area contributed by atoms with E-state index in [0.717, 1.165) is 6.07 Å². The molecule has 0 saturated carbocycles. The molecule has 1 aliphatic rings. The number of aromatic amines is 1. The Kier molecular flexibility index (Phi) is 5.71. The van der Waals surface area contributed by atoms with Crippen molar-refractivity contribution in [2.24, 2.45) is 5.92 Å². The topological polar surface area (TPSA) is 78.1 Å². The van der Waals surface area contributed by atoms with E-state index in [4.69, 9.17) is 0 Å². The van der Waals surface area contributed by atoms with Crippen molar-refractivity contribution in [2.75, 3.05) is 13.1 Å². The number of carbonyl (C=O) groups excluding carboxylic acids is 2. The molecule has 2 aromatic carbocycles. The van der Waals surface area contributed by atoms with Crippen molar-refractivity contribution in [1.82, 2.24) is 20.4 Å². The summed E-state index contributed by atoms with van der Waals surface area (Å²) in [7, 11) is 0. The van der Waals surface area contributed by atoms with Crippen molar-refractivity contribution in [2.45, 2.75) is 32.7 Å². The number of rotatable bonds is 4. The van der Waals surface area contributed by atoms with Crippen molar-refractivity contribution in [3.63, 3.8) is 0 Å². The molecular weight excluding hydrogens is 402 g/mol. The van der Waals surface area contributed by atoms with E-state index in [1.54, 1.807) is 18.2 Å². The Hall–Kier alpha value is -3.29. The number of hydrogen-bond acceptors (Lipinski definition) is 3. The molecule has 31 heavy (non-hydrogen) atoms.